The van der Waals surface area contributed by atoms with Crippen LogP contribution in [-0.4, -0.2) is 41.0 Å². The molecule has 0 aromatic heterocycles. The lowest BCUT2D eigenvalue weighted by atomic mass is 10.1. The number of nitrogens with two attached hydrogens (primary N) is 1. The summed E-state index contributed by atoms with van der Waals surface area (Å²) in [4.78, 5) is 24.6. The van der Waals surface area contributed by atoms with Crippen molar-refractivity contribution < 1.29 is 19.1 Å². The van der Waals surface area contributed by atoms with Crippen LogP contribution in [0, 0.1) is 17.7 Å². The van der Waals surface area contributed by atoms with Gasteiger partial charge in [-0.2, -0.15) is 0 Å². The molecule has 1 aromatic rings. The molecular weight excluding hydrogens is 275 g/mol. The number of benzene rings is 1. The van der Waals surface area contributed by atoms with Crippen molar-refractivity contribution in [1.82, 2.24) is 4.90 Å². The van der Waals surface area contributed by atoms with Crippen LogP contribution in [0.2, 0.25) is 0 Å². The third-order valence-electron chi connectivity index (χ3n) is 2.72. The van der Waals surface area contributed by atoms with Crippen molar-refractivity contribution in [3.05, 3.63) is 35.1 Å². The fraction of sp³-hybridized carbons (Fsp3) is 0.333. The number of aliphatic hydroxyl groups is 1. The molecular formula is C15H17FN2O3. The minimum atomic E-state index is -0.704. The largest absolute Gasteiger partial charge is 0.384 e. The van der Waals surface area contributed by atoms with Crippen molar-refractivity contribution in [3.8, 4) is 11.8 Å². The first-order chi connectivity index (χ1) is 9.86. The molecule has 0 aliphatic carbocycles. The van der Waals surface area contributed by atoms with E-state index in [1.165, 1.54) is 17.0 Å². The molecule has 2 amide bonds. The number of primary amides is 1. The Kier molecular flexibility index (Phi) is 5.88. The molecule has 6 heteroatoms. The highest BCUT2D eigenvalue weighted by Crippen LogP contribution is 2.14. The Balaban J connectivity index is 3.17. The highest BCUT2D eigenvalue weighted by Gasteiger charge is 2.23. The molecule has 5 nitrogen and oxygen atoms in total. The van der Waals surface area contributed by atoms with Crippen LogP contribution >= 0.6 is 0 Å². The quantitative estimate of drug-likeness (QED) is 0.793. The molecule has 3 N–H and O–H groups in total. The van der Waals surface area contributed by atoms with Crippen molar-refractivity contribution in [1.29, 1.82) is 0 Å². The number of nitrogens with zero attached hydrogens (tertiary/aromatic N) is 1. The Bertz CT molecular complexity index is 603. The minimum absolute atomic E-state index is 0.185. The molecule has 0 fully saturated rings. The molecule has 0 atom stereocenters. The van der Waals surface area contributed by atoms with E-state index in [0.29, 0.717) is 5.56 Å². The fourth-order valence-corrected chi connectivity index (χ4v) is 1.72. The average molecular weight is 292 g/mol. The topological polar surface area (TPSA) is 83.6 Å². The molecule has 0 unspecified atom stereocenters. The number of carbonyl (C=O) groups excluding carboxylic acids is 2. The molecule has 0 aliphatic rings. The number of hydrogen-bond donors (Lipinski definition) is 2. The van der Waals surface area contributed by atoms with E-state index in [2.05, 4.69) is 11.8 Å². The summed E-state index contributed by atoms with van der Waals surface area (Å²) < 4.78 is 13.8. The summed E-state index contributed by atoms with van der Waals surface area (Å²) in [7, 11) is 0. The molecule has 0 spiro atoms. The molecule has 0 saturated heterocycles. The first-order valence-corrected chi connectivity index (χ1v) is 6.35. The van der Waals surface area contributed by atoms with Crippen LogP contribution < -0.4 is 5.73 Å². The van der Waals surface area contributed by atoms with E-state index < -0.39 is 17.6 Å². The molecule has 0 bridgehead atoms. The lowest BCUT2D eigenvalue weighted by molar-refractivity contribution is -0.119. The molecule has 21 heavy (non-hydrogen) atoms. The summed E-state index contributed by atoms with van der Waals surface area (Å²) in [5.74, 6) is 3.01. The van der Waals surface area contributed by atoms with Crippen LogP contribution in [0.5, 0.6) is 0 Å². The Morgan fingerprint density at radius 1 is 1.43 bits per heavy atom. The van der Waals surface area contributed by atoms with Gasteiger partial charge in [0.2, 0.25) is 5.91 Å². The van der Waals surface area contributed by atoms with Crippen molar-refractivity contribution in [2.45, 2.75) is 19.9 Å². The second-order valence-electron chi connectivity index (χ2n) is 4.65. The predicted octanol–water partition coefficient (Wildman–Crippen LogP) is 0.505. The van der Waals surface area contributed by atoms with Crippen LogP contribution in [0.3, 0.4) is 0 Å². The summed E-state index contributed by atoms with van der Waals surface area (Å²) in [6.45, 7) is 2.78. The van der Waals surface area contributed by atoms with Gasteiger partial charge >= 0.3 is 0 Å². The lowest BCUT2D eigenvalue weighted by Gasteiger charge is -2.25. The number of carbonyl (C=O) groups is 2. The Morgan fingerprint density at radius 2 is 2.10 bits per heavy atom. The maximum atomic E-state index is 13.8. The van der Waals surface area contributed by atoms with E-state index in [4.69, 9.17) is 10.8 Å². The van der Waals surface area contributed by atoms with E-state index in [9.17, 15) is 14.0 Å². The number of halogens is 1. The summed E-state index contributed by atoms with van der Waals surface area (Å²) in [5, 5.41) is 8.65. The van der Waals surface area contributed by atoms with Crippen molar-refractivity contribution >= 4 is 11.8 Å². The van der Waals surface area contributed by atoms with Gasteiger partial charge in [0.25, 0.3) is 5.91 Å². The van der Waals surface area contributed by atoms with Gasteiger partial charge in [-0.15, -0.1) is 0 Å². The maximum Gasteiger partial charge on any atom is 0.257 e. The van der Waals surface area contributed by atoms with Gasteiger partial charge in [-0.1, -0.05) is 11.8 Å². The van der Waals surface area contributed by atoms with Gasteiger partial charge in [-0.05, 0) is 32.0 Å². The van der Waals surface area contributed by atoms with Crippen LogP contribution in [0.25, 0.3) is 0 Å². The smallest absolute Gasteiger partial charge is 0.257 e. The maximum absolute atomic E-state index is 13.8. The zero-order chi connectivity index (χ0) is 16.0. The summed E-state index contributed by atoms with van der Waals surface area (Å²) in [5.41, 5.74) is 5.32. The first-order valence-electron chi connectivity index (χ1n) is 6.35. The molecule has 1 rings (SSSR count). The lowest BCUT2D eigenvalue weighted by Crippen LogP contribution is -2.43. The zero-order valence-corrected chi connectivity index (χ0v) is 11.9. The third kappa shape index (κ3) is 4.58. The Labute approximate surface area is 122 Å². The van der Waals surface area contributed by atoms with Gasteiger partial charge in [0.1, 0.15) is 12.4 Å². The molecule has 0 heterocycles. The number of hydrogen-bond acceptors (Lipinski definition) is 3. The standard InChI is InChI=1S/C15H17FN2O3/c1-10(2)18(9-14(17)20)15(21)12-8-11(4-3-7-19)5-6-13(12)16/h5-6,8,10,19H,7,9H2,1-2H3,(H2,17,20). The van der Waals surface area contributed by atoms with Crippen molar-refractivity contribution in [2.24, 2.45) is 5.73 Å². The summed E-state index contributed by atoms with van der Waals surface area (Å²) in [6, 6.07) is 3.51. The van der Waals surface area contributed by atoms with E-state index in [0.717, 1.165) is 6.07 Å². The van der Waals surface area contributed by atoms with Gasteiger partial charge < -0.3 is 15.7 Å². The van der Waals surface area contributed by atoms with Crippen LogP contribution in [0.4, 0.5) is 4.39 Å². The van der Waals surface area contributed by atoms with Gasteiger partial charge in [0, 0.05) is 11.6 Å². The minimum Gasteiger partial charge on any atom is -0.384 e. The summed E-state index contributed by atoms with van der Waals surface area (Å²) >= 11 is 0. The molecule has 0 aliphatic heterocycles. The van der Waals surface area contributed by atoms with E-state index >= 15 is 0 Å². The van der Waals surface area contributed by atoms with Gasteiger partial charge in [-0.3, -0.25) is 9.59 Å². The highest BCUT2D eigenvalue weighted by atomic mass is 19.1. The molecule has 0 saturated carbocycles. The SMILES string of the molecule is CC(C)N(CC(N)=O)C(=O)c1cc(C#CCO)ccc1F. The molecule has 1 aromatic carbocycles. The second kappa shape index (κ2) is 7.41. The molecule has 0 radical (unpaired) electrons. The number of rotatable bonds is 4. The van der Waals surface area contributed by atoms with Crippen molar-refractivity contribution in [3.63, 3.8) is 0 Å². The van der Waals surface area contributed by atoms with Gasteiger partial charge in [0.05, 0.1) is 12.1 Å². The van der Waals surface area contributed by atoms with Gasteiger partial charge in [0.15, 0.2) is 0 Å². The second-order valence-corrected chi connectivity index (χ2v) is 4.65. The van der Waals surface area contributed by atoms with E-state index in [1.807, 2.05) is 0 Å². The number of aliphatic hydroxyl groups excluding tert-OH is 1. The first kappa shape index (κ1) is 16.7. The zero-order valence-electron chi connectivity index (χ0n) is 11.9. The highest BCUT2D eigenvalue weighted by molar-refractivity contribution is 5.97. The average Bonchev–Trinajstić information content (AvgIpc) is 2.42. The summed E-state index contributed by atoms with van der Waals surface area (Å²) in [6.07, 6.45) is 0. The van der Waals surface area contributed by atoms with E-state index in [-0.39, 0.29) is 24.8 Å². The Hall–Kier alpha value is -2.39. The fourth-order valence-electron chi connectivity index (χ4n) is 1.72. The van der Waals surface area contributed by atoms with E-state index in [1.54, 1.807) is 13.8 Å². The number of amides is 2. The van der Waals surface area contributed by atoms with Crippen LogP contribution in [0.1, 0.15) is 29.8 Å². The predicted molar refractivity (Wildman–Crippen MR) is 75.7 cm³/mol. The van der Waals surface area contributed by atoms with Gasteiger partial charge in [-0.25, -0.2) is 4.39 Å². The normalized spacial score (nSPS) is 9.95. The van der Waals surface area contributed by atoms with Crippen LogP contribution in [0.15, 0.2) is 18.2 Å². The molecule has 112 valence electrons. The monoisotopic (exact) mass is 292 g/mol. The van der Waals surface area contributed by atoms with Crippen LogP contribution in [-0.2, 0) is 4.79 Å². The third-order valence-corrected chi connectivity index (χ3v) is 2.72. The van der Waals surface area contributed by atoms with Crippen molar-refractivity contribution in [2.75, 3.05) is 13.2 Å². The Morgan fingerprint density at radius 3 is 2.62 bits per heavy atom.